The Bertz CT molecular complexity index is 879. The zero-order valence-electron chi connectivity index (χ0n) is 14.2. The van der Waals surface area contributed by atoms with Gasteiger partial charge in [-0.3, -0.25) is 4.79 Å². The van der Waals surface area contributed by atoms with Crippen LogP contribution in [0, 0.1) is 0 Å². The van der Waals surface area contributed by atoms with E-state index in [0.717, 1.165) is 23.9 Å². The van der Waals surface area contributed by atoms with Gasteiger partial charge in [0.25, 0.3) is 0 Å². The van der Waals surface area contributed by atoms with Gasteiger partial charge in [0.1, 0.15) is 0 Å². The number of benzene rings is 3. The highest BCUT2D eigenvalue weighted by atomic mass is 16.1. The van der Waals surface area contributed by atoms with E-state index in [-0.39, 0.29) is 11.3 Å². The molecule has 3 aromatic rings. The van der Waals surface area contributed by atoms with Gasteiger partial charge >= 0.3 is 0 Å². The standard InChI is InChI=1S/C22H22N2O/c25-21(24-16-22(13-14-22)18-9-2-1-3-10-18)15-23-20-12-6-8-17-7-4-5-11-19(17)20/h1-12,23H,13-16H2,(H,24,25). The van der Waals surface area contributed by atoms with Crippen molar-refractivity contribution in [1.29, 1.82) is 0 Å². The Morgan fingerprint density at radius 3 is 2.40 bits per heavy atom. The molecule has 0 radical (unpaired) electrons. The van der Waals surface area contributed by atoms with Crippen LogP contribution >= 0.6 is 0 Å². The van der Waals surface area contributed by atoms with Crippen molar-refractivity contribution in [2.75, 3.05) is 18.4 Å². The van der Waals surface area contributed by atoms with Crippen LogP contribution in [-0.4, -0.2) is 19.0 Å². The monoisotopic (exact) mass is 330 g/mol. The lowest BCUT2D eigenvalue weighted by molar-refractivity contribution is -0.119. The predicted molar refractivity (Wildman–Crippen MR) is 103 cm³/mol. The van der Waals surface area contributed by atoms with Crippen molar-refractivity contribution >= 4 is 22.4 Å². The zero-order chi connectivity index (χ0) is 17.1. The third kappa shape index (κ3) is 3.36. The molecule has 1 saturated carbocycles. The number of amides is 1. The van der Waals surface area contributed by atoms with E-state index in [1.54, 1.807) is 0 Å². The molecule has 0 bridgehead atoms. The van der Waals surface area contributed by atoms with E-state index in [9.17, 15) is 4.79 Å². The molecule has 4 rings (SSSR count). The normalized spacial score (nSPS) is 14.9. The van der Waals surface area contributed by atoms with Crippen molar-refractivity contribution in [2.24, 2.45) is 0 Å². The van der Waals surface area contributed by atoms with Crippen LogP contribution in [0.3, 0.4) is 0 Å². The Hall–Kier alpha value is -2.81. The number of fused-ring (bicyclic) bond motifs is 1. The van der Waals surface area contributed by atoms with Gasteiger partial charge in [-0.15, -0.1) is 0 Å². The topological polar surface area (TPSA) is 41.1 Å². The molecule has 0 aromatic heterocycles. The summed E-state index contributed by atoms with van der Waals surface area (Å²) < 4.78 is 0. The van der Waals surface area contributed by atoms with Crippen LogP contribution in [0.2, 0.25) is 0 Å². The number of carbonyl (C=O) groups is 1. The molecule has 1 fully saturated rings. The van der Waals surface area contributed by atoms with Crippen molar-refractivity contribution in [1.82, 2.24) is 5.32 Å². The van der Waals surface area contributed by atoms with E-state index in [1.165, 1.54) is 10.9 Å². The highest BCUT2D eigenvalue weighted by Gasteiger charge is 2.44. The average Bonchev–Trinajstić information content (AvgIpc) is 3.47. The number of hydrogen-bond donors (Lipinski definition) is 2. The summed E-state index contributed by atoms with van der Waals surface area (Å²) in [5.74, 6) is 0.0372. The van der Waals surface area contributed by atoms with Crippen LogP contribution in [0.5, 0.6) is 0 Å². The van der Waals surface area contributed by atoms with E-state index in [1.807, 2.05) is 30.3 Å². The SMILES string of the molecule is O=C(CNc1cccc2ccccc12)NCC1(c2ccccc2)CC1. The average molecular weight is 330 g/mol. The lowest BCUT2D eigenvalue weighted by Crippen LogP contribution is -2.35. The lowest BCUT2D eigenvalue weighted by Gasteiger charge is -2.17. The maximum absolute atomic E-state index is 12.3. The smallest absolute Gasteiger partial charge is 0.239 e. The fourth-order valence-corrected chi connectivity index (χ4v) is 3.40. The number of carbonyl (C=O) groups excluding carboxylic acids is 1. The van der Waals surface area contributed by atoms with Gasteiger partial charge in [0, 0.05) is 23.0 Å². The Morgan fingerprint density at radius 2 is 1.60 bits per heavy atom. The minimum Gasteiger partial charge on any atom is -0.376 e. The van der Waals surface area contributed by atoms with Crippen molar-refractivity contribution in [2.45, 2.75) is 18.3 Å². The third-order valence-electron chi connectivity index (χ3n) is 5.09. The molecule has 3 nitrogen and oxygen atoms in total. The Kier molecular flexibility index (Phi) is 4.14. The molecule has 3 aromatic carbocycles. The number of hydrogen-bond acceptors (Lipinski definition) is 2. The van der Waals surface area contributed by atoms with Gasteiger partial charge in [-0.1, -0.05) is 66.7 Å². The number of nitrogens with one attached hydrogen (secondary N) is 2. The molecule has 0 spiro atoms. The summed E-state index contributed by atoms with van der Waals surface area (Å²) in [6.07, 6.45) is 2.29. The highest BCUT2D eigenvalue weighted by Crippen LogP contribution is 2.47. The van der Waals surface area contributed by atoms with Crippen molar-refractivity contribution in [3.63, 3.8) is 0 Å². The first-order chi connectivity index (χ1) is 12.3. The number of anilines is 1. The summed E-state index contributed by atoms with van der Waals surface area (Å²) >= 11 is 0. The first-order valence-corrected chi connectivity index (χ1v) is 8.81. The molecule has 0 unspecified atom stereocenters. The van der Waals surface area contributed by atoms with Crippen LogP contribution in [-0.2, 0) is 10.2 Å². The van der Waals surface area contributed by atoms with Crippen molar-refractivity contribution < 1.29 is 4.79 Å². The summed E-state index contributed by atoms with van der Waals surface area (Å²) in [6, 6.07) is 24.8. The van der Waals surface area contributed by atoms with Gasteiger partial charge in [0.2, 0.25) is 5.91 Å². The Labute approximate surface area is 148 Å². The third-order valence-corrected chi connectivity index (χ3v) is 5.09. The summed E-state index contributed by atoms with van der Waals surface area (Å²) in [7, 11) is 0. The lowest BCUT2D eigenvalue weighted by atomic mass is 9.96. The van der Waals surface area contributed by atoms with Crippen molar-refractivity contribution in [3.8, 4) is 0 Å². The molecule has 1 aliphatic carbocycles. The van der Waals surface area contributed by atoms with Gasteiger partial charge in [0.15, 0.2) is 0 Å². The van der Waals surface area contributed by atoms with Gasteiger partial charge in [-0.25, -0.2) is 0 Å². The molecule has 1 amide bonds. The Balaban J connectivity index is 1.35. The van der Waals surface area contributed by atoms with Crippen LogP contribution < -0.4 is 10.6 Å². The first kappa shape index (κ1) is 15.7. The van der Waals surface area contributed by atoms with Gasteiger partial charge in [-0.2, -0.15) is 0 Å². The summed E-state index contributed by atoms with van der Waals surface area (Å²) in [6.45, 7) is 1.01. The van der Waals surface area contributed by atoms with E-state index >= 15 is 0 Å². The zero-order valence-corrected chi connectivity index (χ0v) is 14.2. The maximum Gasteiger partial charge on any atom is 0.239 e. The second kappa shape index (κ2) is 6.60. The minimum atomic E-state index is 0.0372. The molecular formula is C22H22N2O. The van der Waals surface area contributed by atoms with Crippen LogP contribution in [0.25, 0.3) is 10.8 Å². The molecule has 1 aliphatic rings. The van der Waals surface area contributed by atoms with E-state index in [0.29, 0.717) is 13.1 Å². The quantitative estimate of drug-likeness (QED) is 0.714. The van der Waals surface area contributed by atoms with Crippen LogP contribution in [0.15, 0.2) is 72.8 Å². The van der Waals surface area contributed by atoms with Crippen LogP contribution in [0.1, 0.15) is 18.4 Å². The van der Waals surface area contributed by atoms with Crippen molar-refractivity contribution in [3.05, 3.63) is 78.4 Å². The predicted octanol–water partition coefficient (Wildman–Crippen LogP) is 4.10. The maximum atomic E-state index is 12.3. The Morgan fingerprint density at radius 1 is 0.880 bits per heavy atom. The molecule has 3 heteroatoms. The molecule has 25 heavy (non-hydrogen) atoms. The summed E-state index contributed by atoms with van der Waals surface area (Å²) in [4.78, 5) is 12.3. The molecule has 0 atom stereocenters. The number of rotatable bonds is 6. The molecule has 0 aliphatic heterocycles. The minimum absolute atomic E-state index is 0.0372. The van der Waals surface area contributed by atoms with E-state index < -0.39 is 0 Å². The molecule has 126 valence electrons. The van der Waals surface area contributed by atoms with Gasteiger partial charge in [0.05, 0.1) is 6.54 Å². The fourth-order valence-electron chi connectivity index (χ4n) is 3.40. The molecule has 0 heterocycles. The summed E-state index contributed by atoms with van der Waals surface area (Å²) in [5.41, 5.74) is 2.48. The van der Waals surface area contributed by atoms with E-state index in [2.05, 4.69) is 53.1 Å². The van der Waals surface area contributed by atoms with Crippen LogP contribution in [0.4, 0.5) is 5.69 Å². The van der Waals surface area contributed by atoms with Gasteiger partial charge in [-0.05, 0) is 29.9 Å². The molecule has 0 saturated heterocycles. The molecule has 2 N–H and O–H groups in total. The van der Waals surface area contributed by atoms with Gasteiger partial charge < -0.3 is 10.6 Å². The second-order valence-corrected chi connectivity index (χ2v) is 6.80. The van der Waals surface area contributed by atoms with E-state index in [4.69, 9.17) is 0 Å². The summed E-state index contributed by atoms with van der Waals surface area (Å²) in [5, 5.41) is 8.69. The molecular weight excluding hydrogens is 308 g/mol. The first-order valence-electron chi connectivity index (χ1n) is 8.81. The second-order valence-electron chi connectivity index (χ2n) is 6.80. The highest BCUT2D eigenvalue weighted by molar-refractivity contribution is 5.95. The largest absolute Gasteiger partial charge is 0.376 e. The fraction of sp³-hybridized carbons (Fsp3) is 0.227.